The Balaban J connectivity index is 1.68. The third-order valence-electron chi connectivity index (χ3n) is 4.34. The third-order valence-corrected chi connectivity index (χ3v) is 5.85. The fourth-order valence-corrected chi connectivity index (χ4v) is 3.98. The molecule has 0 radical (unpaired) electrons. The Hall–Kier alpha value is -2.18. The smallest absolute Gasteiger partial charge is 0.255 e. The number of carbonyl (C=O) groups is 1. The molecule has 5 nitrogen and oxygen atoms in total. The van der Waals surface area contributed by atoms with Crippen LogP contribution in [0.1, 0.15) is 48.5 Å². The van der Waals surface area contributed by atoms with Gasteiger partial charge in [0.1, 0.15) is 0 Å². The number of unbranched alkanes of at least 4 members (excludes halogenated alkanes) is 1. The van der Waals surface area contributed by atoms with Gasteiger partial charge in [-0.2, -0.15) is 0 Å². The van der Waals surface area contributed by atoms with E-state index in [1.165, 1.54) is 17.7 Å². The van der Waals surface area contributed by atoms with Gasteiger partial charge in [-0.3, -0.25) is 4.79 Å². The Morgan fingerprint density at radius 2 is 1.85 bits per heavy atom. The summed E-state index contributed by atoms with van der Waals surface area (Å²) in [6.45, 7) is 2.16. The second-order valence-corrected chi connectivity index (χ2v) is 8.39. The van der Waals surface area contributed by atoms with Crippen molar-refractivity contribution in [1.29, 1.82) is 0 Å². The van der Waals surface area contributed by atoms with E-state index in [-0.39, 0.29) is 16.8 Å². The predicted octanol–water partition coefficient (Wildman–Crippen LogP) is 3.72. The van der Waals surface area contributed by atoms with Crippen molar-refractivity contribution < 1.29 is 13.2 Å². The van der Waals surface area contributed by atoms with E-state index in [4.69, 9.17) is 0 Å². The summed E-state index contributed by atoms with van der Waals surface area (Å²) in [4.78, 5) is 12.6. The molecule has 0 spiro atoms. The van der Waals surface area contributed by atoms with Crippen LogP contribution >= 0.6 is 0 Å². The number of rotatable bonds is 8. The molecule has 0 aromatic heterocycles. The molecule has 1 aliphatic carbocycles. The monoisotopic (exact) mass is 372 g/mol. The van der Waals surface area contributed by atoms with Gasteiger partial charge in [0.25, 0.3) is 5.91 Å². The predicted molar refractivity (Wildman–Crippen MR) is 103 cm³/mol. The second kappa shape index (κ2) is 8.01. The van der Waals surface area contributed by atoms with Crippen molar-refractivity contribution in [1.82, 2.24) is 4.72 Å². The summed E-state index contributed by atoms with van der Waals surface area (Å²) < 4.78 is 27.2. The van der Waals surface area contributed by atoms with Crippen LogP contribution in [0.5, 0.6) is 0 Å². The van der Waals surface area contributed by atoms with Crippen LogP contribution in [0.25, 0.3) is 0 Å². The summed E-state index contributed by atoms with van der Waals surface area (Å²) in [5, 5.41) is 2.82. The molecule has 0 unspecified atom stereocenters. The van der Waals surface area contributed by atoms with E-state index in [0.29, 0.717) is 11.3 Å². The summed E-state index contributed by atoms with van der Waals surface area (Å²) >= 11 is 0. The van der Waals surface area contributed by atoms with Crippen molar-refractivity contribution in [3.8, 4) is 0 Å². The molecule has 0 bridgehead atoms. The fourth-order valence-electron chi connectivity index (χ4n) is 2.63. The van der Waals surface area contributed by atoms with Crippen LogP contribution in [0, 0.1) is 0 Å². The average molecular weight is 372 g/mol. The first kappa shape index (κ1) is 18.6. The molecule has 0 aliphatic heterocycles. The van der Waals surface area contributed by atoms with Crippen LogP contribution in [-0.2, 0) is 16.4 Å². The quantitative estimate of drug-likeness (QED) is 0.741. The molecule has 1 aliphatic rings. The lowest BCUT2D eigenvalue weighted by atomic mass is 10.1. The average Bonchev–Trinajstić information content (AvgIpc) is 3.44. The van der Waals surface area contributed by atoms with E-state index in [1.54, 1.807) is 12.1 Å². The summed E-state index contributed by atoms with van der Waals surface area (Å²) in [5.74, 6) is -0.324. The molecule has 0 atom stereocenters. The largest absolute Gasteiger partial charge is 0.322 e. The second-order valence-electron chi connectivity index (χ2n) is 6.68. The maximum absolute atomic E-state index is 12.5. The van der Waals surface area contributed by atoms with Crippen molar-refractivity contribution in [3.05, 3.63) is 59.7 Å². The minimum Gasteiger partial charge on any atom is -0.322 e. The number of sulfonamides is 1. The SMILES string of the molecule is CCCCc1ccc(NC(=O)c2cccc(S(=O)(=O)NC3CC3)c2)cc1. The highest BCUT2D eigenvalue weighted by Crippen LogP contribution is 2.22. The summed E-state index contributed by atoms with van der Waals surface area (Å²) in [7, 11) is -3.57. The van der Waals surface area contributed by atoms with Crippen molar-refractivity contribution in [2.45, 2.75) is 50.0 Å². The van der Waals surface area contributed by atoms with Gasteiger partial charge >= 0.3 is 0 Å². The van der Waals surface area contributed by atoms with Crippen molar-refractivity contribution in [3.63, 3.8) is 0 Å². The standard InChI is InChI=1S/C20H24N2O3S/c1-2-3-5-15-8-10-17(11-9-15)21-20(23)16-6-4-7-19(14-16)26(24,25)22-18-12-13-18/h4,6-11,14,18,22H,2-3,5,12-13H2,1H3,(H,21,23). The minimum absolute atomic E-state index is 0.0312. The molecular formula is C20H24N2O3S. The summed E-state index contributed by atoms with van der Waals surface area (Å²) in [6.07, 6.45) is 5.05. The number of hydrogen-bond acceptors (Lipinski definition) is 3. The van der Waals surface area contributed by atoms with Gasteiger partial charge in [-0.05, 0) is 61.6 Å². The summed E-state index contributed by atoms with van der Waals surface area (Å²) in [6, 6.07) is 13.9. The number of hydrogen-bond donors (Lipinski definition) is 2. The Morgan fingerprint density at radius 3 is 2.50 bits per heavy atom. The fraction of sp³-hybridized carbons (Fsp3) is 0.350. The molecule has 138 valence electrons. The molecule has 3 rings (SSSR count). The van der Waals surface area contributed by atoms with Crippen molar-refractivity contribution in [2.75, 3.05) is 5.32 Å². The van der Waals surface area contributed by atoms with Gasteiger partial charge in [0.2, 0.25) is 10.0 Å². The number of anilines is 1. The zero-order valence-electron chi connectivity index (χ0n) is 14.9. The van der Waals surface area contributed by atoms with E-state index in [0.717, 1.165) is 32.1 Å². The maximum atomic E-state index is 12.5. The van der Waals surface area contributed by atoms with Crippen molar-refractivity contribution >= 4 is 21.6 Å². The highest BCUT2D eigenvalue weighted by Gasteiger charge is 2.28. The number of amides is 1. The Morgan fingerprint density at radius 1 is 1.12 bits per heavy atom. The number of nitrogens with one attached hydrogen (secondary N) is 2. The van der Waals surface area contributed by atoms with Gasteiger partial charge in [0, 0.05) is 17.3 Å². The highest BCUT2D eigenvalue weighted by atomic mass is 32.2. The van der Waals surface area contributed by atoms with Crippen molar-refractivity contribution in [2.24, 2.45) is 0 Å². The number of benzene rings is 2. The molecule has 6 heteroatoms. The lowest BCUT2D eigenvalue weighted by Gasteiger charge is -2.09. The van der Waals surface area contributed by atoms with Crippen LogP contribution in [0.15, 0.2) is 53.4 Å². The molecule has 0 saturated heterocycles. The van der Waals surface area contributed by atoms with Crippen LogP contribution in [0.4, 0.5) is 5.69 Å². The molecule has 2 aromatic rings. The highest BCUT2D eigenvalue weighted by molar-refractivity contribution is 7.89. The molecule has 1 fully saturated rings. The maximum Gasteiger partial charge on any atom is 0.255 e. The molecule has 0 heterocycles. The molecule has 26 heavy (non-hydrogen) atoms. The van der Waals surface area contributed by atoms with E-state index in [9.17, 15) is 13.2 Å². The molecule has 1 saturated carbocycles. The minimum atomic E-state index is -3.57. The molecule has 1 amide bonds. The van der Waals surface area contributed by atoms with E-state index in [1.807, 2.05) is 24.3 Å². The Labute approximate surface area is 154 Å². The Kier molecular flexibility index (Phi) is 5.74. The first-order chi connectivity index (χ1) is 12.5. The zero-order valence-corrected chi connectivity index (χ0v) is 15.7. The van der Waals surface area contributed by atoms with Gasteiger partial charge in [-0.1, -0.05) is 31.5 Å². The lowest BCUT2D eigenvalue weighted by Crippen LogP contribution is -2.26. The third kappa shape index (κ3) is 4.93. The first-order valence-corrected chi connectivity index (χ1v) is 10.5. The molecular weight excluding hydrogens is 348 g/mol. The van der Waals surface area contributed by atoms with Gasteiger partial charge in [-0.25, -0.2) is 13.1 Å². The Bertz CT molecular complexity index is 872. The topological polar surface area (TPSA) is 75.3 Å². The van der Waals surface area contributed by atoms with Crippen LogP contribution in [0.2, 0.25) is 0 Å². The van der Waals surface area contributed by atoms with E-state index in [2.05, 4.69) is 17.0 Å². The van der Waals surface area contributed by atoms with Gasteiger partial charge in [0.05, 0.1) is 4.90 Å². The van der Waals surface area contributed by atoms with Gasteiger partial charge < -0.3 is 5.32 Å². The van der Waals surface area contributed by atoms with Gasteiger partial charge in [-0.15, -0.1) is 0 Å². The zero-order chi connectivity index (χ0) is 18.6. The first-order valence-electron chi connectivity index (χ1n) is 9.00. The van der Waals surface area contributed by atoms with Gasteiger partial charge in [0.15, 0.2) is 0 Å². The van der Waals surface area contributed by atoms with Crippen LogP contribution in [-0.4, -0.2) is 20.4 Å². The van der Waals surface area contributed by atoms with Crippen LogP contribution < -0.4 is 10.0 Å². The lowest BCUT2D eigenvalue weighted by molar-refractivity contribution is 0.102. The normalized spacial score (nSPS) is 14.2. The number of carbonyl (C=O) groups excluding carboxylic acids is 1. The summed E-state index contributed by atoms with van der Waals surface area (Å²) in [5.41, 5.74) is 2.25. The number of aryl methyl sites for hydroxylation is 1. The van der Waals surface area contributed by atoms with E-state index < -0.39 is 10.0 Å². The van der Waals surface area contributed by atoms with E-state index >= 15 is 0 Å². The molecule has 2 N–H and O–H groups in total. The molecule has 2 aromatic carbocycles. The van der Waals surface area contributed by atoms with Crippen LogP contribution in [0.3, 0.4) is 0 Å².